The van der Waals surface area contributed by atoms with Crippen LogP contribution in [0.5, 0.6) is 5.75 Å². The Balaban J connectivity index is 1.20. The van der Waals surface area contributed by atoms with Crippen molar-refractivity contribution in [1.82, 2.24) is 9.97 Å². The van der Waals surface area contributed by atoms with Crippen molar-refractivity contribution in [2.24, 2.45) is 0 Å². The predicted molar refractivity (Wildman–Crippen MR) is 121 cm³/mol. The molecule has 0 bridgehead atoms. The molecule has 2 N–H and O–H groups in total. The number of hydrogen-bond acceptors (Lipinski definition) is 8. The number of anilines is 2. The molecule has 5 rings (SSSR count). The van der Waals surface area contributed by atoms with Gasteiger partial charge in [-0.2, -0.15) is 0 Å². The van der Waals surface area contributed by atoms with Gasteiger partial charge in [-0.15, -0.1) is 0 Å². The maximum absolute atomic E-state index is 12.3. The highest BCUT2D eigenvalue weighted by atomic mass is 16.6. The molecular weight excluding hydrogens is 424 g/mol. The van der Waals surface area contributed by atoms with Crippen LogP contribution in [0, 0.1) is 0 Å². The number of rotatable bonds is 6. The first-order valence-corrected chi connectivity index (χ1v) is 10.7. The molecule has 3 aromatic rings. The molecule has 2 aliphatic rings. The minimum atomic E-state index is -0.536. The van der Waals surface area contributed by atoms with Gasteiger partial charge < -0.3 is 24.3 Å². The number of carbonyl (C=O) groups is 1. The van der Waals surface area contributed by atoms with Gasteiger partial charge in [-0.05, 0) is 42.5 Å². The van der Waals surface area contributed by atoms with Gasteiger partial charge in [-0.3, -0.25) is 5.32 Å². The number of aromatic nitrogens is 2. The van der Waals surface area contributed by atoms with E-state index in [-0.39, 0.29) is 24.9 Å². The van der Waals surface area contributed by atoms with Crippen molar-refractivity contribution in [1.29, 1.82) is 0 Å². The summed E-state index contributed by atoms with van der Waals surface area (Å²) in [5, 5.41) is 6.02. The van der Waals surface area contributed by atoms with Crippen molar-refractivity contribution in [3.05, 3.63) is 66.9 Å². The number of nitrogens with one attached hydrogen (secondary N) is 2. The van der Waals surface area contributed by atoms with Gasteiger partial charge in [0.05, 0.1) is 32.1 Å². The fraction of sp³-hybridized carbons (Fsp3) is 0.292. The third-order valence-electron chi connectivity index (χ3n) is 5.64. The van der Waals surface area contributed by atoms with Crippen LogP contribution in [-0.2, 0) is 14.2 Å². The summed E-state index contributed by atoms with van der Waals surface area (Å²) in [6.07, 6.45) is 0.0574. The lowest BCUT2D eigenvalue weighted by molar-refractivity contribution is 0.00917. The first kappa shape index (κ1) is 21.2. The molecule has 1 aromatic heterocycles. The van der Waals surface area contributed by atoms with Crippen LogP contribution >= 0.6 is 0 Å². The average Bonchev–Trinajstić information content (AvgIpc) is 3.43. The summed E-state index contributed by atoms with van der Waals surface area (Å²) in [7, 11) is 1.63. The molecule has 170 valence electrons. The highest BCUT2D eigenvalue weighted by molar-refractivity contribution is 5.84. The molecule has 0 spiro atoms. The zero-order valence-electron chi connectivity index (χ0n) is 18.0. The maximum atomic E-state index is 12.3. The monoisotopic (exact) mass is 448 g/mol. The fourth-order valence-corrected chi connectivity index (χ4v) is 4.01. The van der Waals surface area contributed by atoms with Gasteiger partial charge in [0.15, 0.2) is 6.10 Å². The Hall–Kier alpha value is -3.69. The average molecular weight is 448 g/mol. The molecule has 0 unspecified atom stereocenters. The Labute approximate surface area is 191 Å². The molecule has 3 heterocycles. The van der Waals surface area contributed by atoms with E-state index in [9.17, 15) is 4.79 Å². The Morgan fingerprint density at radius 3 is 2.58 bits per heavy atom. The van der Waals surface area contributed by atoms with Crippen LogP contribution in [0.1, 0.15) is 0 Å². The van der Waals surface area contributed by atoms with Crippen LogP contribution in [0.2, 0.25) is 0 Å². The topological polar surface area (TPSA) is 104 Å². The number of carbonyl (C=O) groups excluding carboxylic acids is 1. The molecule has 0 aliphatic carbocycles. The summed E-state index contributed by atoms with van der Waals surface area (Å²) in [6, 6.07) is 18.5. The summed E-state index contributed by atoms with van der Waals surface area (Å²) in [5.41, 5.74) is 2.41. The summed E-state index contributed by atoms with van der Waals surface area (Å²) in [6.45, 7) is 0.661. The van der Waals surface area contributed by atoms with Gasteiger partial charge in [0.2, 0.25) is 5.95 Å². The Morgan fingerprint density at radius 2 is 1.79 bits per heavy atom. The van der Waals surface area contributed by atoms with Crippen LogP contribution in [0.3, 0.4) is 0 Å². The van der Waals surface area contributed by atoms with E-state index < -0.39 is 12.2 Å². The third-order valence-corrected chi connectivity index (χ3v) is 5.64. The lowest BCUT2D eigenvalue weighted by Gasteiger charge is -2.18. The number of hydrogen-bond donors (Lipinski definition) is 2. The van der Waals surface area contributed by atoms with Gasteiger partial charge in [-0.1, -0.05) is 18.2 Å². The highest BCUT2D eigenvalue weighted by Gasteiger charge is 2.49. The number of ether oxygens (including phenoxy) is 4. The van der Waals surface area contributed by atoms with E-state index in [0.29, 0.717) is 18.2 Å². The highest BCUT2D eigenvalue weighted by Crippen LogP contribution is 2.31. The van der Waals surface area contributed by atoms with Crippen LogP contribution in [0.15, 0.2) is 66.9 Å². The smallest absolute Gasteiger partial charge is 0.412 e. The van der Waals surface area contributed by atoms with Gasteiger partial charge >= 0.3 is 6.09 Å². The second kappa shape index (κ2) is 9.43. The van der Waals surface area contributed by atoms with Crippen LogP contribution in [-0.4, -0.2) is 60.7 Å². The quantitative estimate of drug-likeness (QED) is 0.592. The Bertz CT molecular complexity index is 1100. The normalized spacial score (nSPS) is 23.5. The van der Waals surface area contributed by atoms with Crippen molar-refractivity contribution in [3.63, 3.8) is 0 Å². The molecule has 2 fully saturated rings. The largest absolute Gasteiger partial charge is 0.497 e. The van der Waals surface area contributed by atoms with E-state index in [2.05, 4.69) is 20.6 Å². The molecule has 1 amide bonds. The van der Waals surface area contributed by atoms with Crippen molar-refractivity contribution in [2.75, 3.05) is 31.0 Å². The molecule has 2 aromatic carbocycles. The molecule has 2 saturated heterocycles. The number of para-hydroxylation sites is 1. The summed E-state index contributed by atoms with van der Waals surface area (Å²) in [4.78, 5) is 21.2. The van der Waals surface area contributed by atoms with Crippen molar-refractivity contribution in [3.8, 4) is 17.0 Å². The SMILES string of the molecule is COc1ccc(-c2ccnc(N[C@@H]3CO[C@@H]4[C@@H]3OC[C@H]4OC(=O)Nc3ccccc3)n2)cc1. The van der Waals surface area contributed by atoms with E-state index in [1.807, 2.05) is 48.5 Å². The van der Waals surface area contributed by atoms with E-state index in [0.717, 1.165) is 17.0 Å². The van der Waals surface area contributed by atoms with Crippen LogP contribution < -0.4 is 15.4 Å². The maximum Gasteiger partial charge on any atom is 0.412 e. The number of benzene rings is 2. The minimum absolute atomic E-state index is 0.160. The van der Waals surface area contributed by atoms with Gasteiger partial charge in [0.25, 0.3) is 0 Å². The number of fused-ring (bicyclic) bond motifs is 1. The van der Waals surface area contributed by atoms with Crippen molar-refractivity contribution in [2.45, 2.75) is 24.4 Å². The number of nitrogens with zero attached hydrogens (tertiary/aromatic N) is 2. The van der Waals surface area contributed by atoms with E-state index in [1.54, 1.807) is 25.4 Å². The summed E-state index contributed by atoms with van der Waals surface area (Å²) in [5.74, 6) is 1.26. The number of amides is 1. The fourth-order valence-electron chi connectivity index (χ4n) is 4.01. The van der Waals surface area contributed by atoms with Crippen molar-refractivity contribution < 1.29 is 23.7 Å². The second-order valence-corrected chi connectivity index (χ2v) is 7.78. The number of methoxy groups -OCH3 is 1. The van der Waals surface area contributed by atoms with Crippen molar-refractivity contribution >= 4 is 17.7 Å². The van der Waals surface area contributed by atoms with E-state index >= 15 is 0 Å². The predicted octanol–water partition coefficient (Wildman–Crippen LogP) is 3.35. The van der Waals surface area contributed by atoms with Gasteiger partial charge in [0, 0.05) is 17.4 Å². The minimum Gasteiger partial charge on any atom is -0.497 e. The standard InChI is InChI=1S/C24H24N4O5/c1-30-17-9-7-15(8-10-17)18-11-12-25-23(27-18)28-19-13-31-22-20(14-32-21(19)22)33-24(29)26-16-5-3-2-4-6-16/h2-12,19-22H,13-14H2,1H3,(H,26,29)(H,25,27,28)/t19-,20-,21-,22+/m1/s1. The zero-order chi connectivity index (χ0) is 22.6. The lowest BCUT2D eigenvalue weighted by atomic mass is 10.1. The molecule has 9 heteroatoms. The Morgan fingerprint density at radius 1 is 1.00 bits per heavy atom. The molecular formula is C24H24N4O5. The summed E-state index contributed by atoms with van der Waals surface area (Å²) < 4.78 is 22.6. The first-order chi connectivity index (χ1) is 16.2. The third kappa shape index (κ3) is 4.74. The first-order valence-electron chi connectivity index (χ1n) is 10.7. The van der Waals surface area contributed by atoms with Crippen LogP contribution in [0.25, 0.3) is 11.3 Å². The zero-order valence-corrected chi connectivity index (χ0v) is 18.0. The van der Waals surface area contributed by atoms with Gasteiger partial charge in [-0.25, -0.2) is 14.8 Å². The molecule has 0 saturated carbocycles. The molecule has 33 heavy (non-hydrogen) atoms. The van der Waals surface area contributed by atoms with E-state index in [4.69, 9.17) is 18.9 Å². The molecule has 0 radical (unpaired) electrons. The molecule has 2 aliphatic heterocycles. The Kier molecular flexibility index (Phi) is 6.05. The van der Waals surface area contributed by atoms with E-state index in [1.165, 1.54) is 0 Å². The lowest BCUT2D eigenvalue weighted by Crippen LogP contribution is -2.38. The van der Waals surface area contributed by atoms with Crippen LogP contribution in [0.4, 0.5) is 16.4 Å². The summed E-state index contributed by atoms with van der Waals surface area (Å²) >= 11 is 0. The molecule has 4 atom stereocenters. The van der Waals surface area contributed by atoms with Gasteiger partial charge in [0.1, 0.15) is 18.0 Å². The second-order valence-electron chi connectivity index (χ2n) is 7.78. The molecule has 9 nitrogen and oxygen atoms in total.